The first-order chi connectivity index (χ1) is 10.6. The molecule has 0 saturated carbocycles. The van der Waals surface area contributed by atoms with Crippen molar-refractivity contribution in [3.8, 4) is 0 Å². The summed E-state index contributed by atoms with van der Waals surface area (Å²) in [6.07, 6.45) is 1.23. The van der Waals surface area contributed by atoms with E-state index in [0.717, 1.165) is 0 Å². The molecule has 0 N–H and O–H groups in total. The van der Waals surface area contributed by atoms with Gasteiger partial charge in [0.25, 0.3) is 0 Å². The highest BCUT2D eigenvalue weighted by Crippen LogP contribution is 2.40. The number of ketones is 1. The molecule has 1 heterocycles. The fourth-order valence-corrected chi connectivity index (χ4v) is 3.60. The van der Waals surface area contributed by atoms with E-state index >= 15 is 0 Å². The average molecular weight is 293 g/mol. The van der Waals surface area contributed by atoms with Crippen molar-refractivity contribution in [2.45, 2.75) is 38.8 Å². The molecule has 2 heteroatoms. The van der Waals surface area contributed by atoms with E-state index in [4.69, 9.17) is 0 Å². The smallest absolute Gasteiger partial charge is 0.136 e. The average Bonchev–Trinajstić information content (AvgIpc) is 2.51. The summed E-state index contributed by atoms with van der Waals surface area (Å²) in [5.41, 5.74) is 5.07. The van der Waals surface area contributed by atoms with Crippen LogP contribution in [0.4, 0.5) is 0 Å². The third-order valence-electron chi connectivity index (χ3n) is 4.92. The second-order valence-corrected chi connectivity index (χ2v) is 6.36. The van der Waals surface area contributed by atoms with Gasteiger partial charge in [-0.3, -0.25) is 9.69 Å². The number of likely N-dealkylation sites (tertiary alicyclic amines) is 1. The van der Waals surface area contributed by atoms with E-state index in [2.05, 4.69) is 74.3 Å². The van der Waals surface area contributed by atoms with Crippen molar-refractivity contribution in [3.63, 3.8) is 0 Å². The van der Waals surface area contributed by atoms with Gasteiger partial charge in [-0.15, -0.1) is 0 Å². The van der Waals surface area contributed by atoms with Crippen LogP contribution in [0, 0.1) is 13.8 Å². The summed E-state index contributed by atoms with van der Waals surface area (Å²) in [6, 6.07) is 17.2. The number of nitrogens with zero attached hydrogens (tertiary/aromatic N) is 1. The number of aryl methyl sites for hydroxylation is 2. The summed E-state index contributed by atoms with van der Waals surface area (Å²) >= 11 is 0. The summed E-state index contributed by atoms with van der Waals surface area (Å²) in [6.45, 7) is 4.26. The van der Waals surface area contributed by atoms with Gasteiger partial charge in [0.1, 0.15) is 5.78 Å². The van der Waals surface area contributed by atoms with E-state index in [0.29, 0.717) is 18.6 Å². The molecule has 2 aromatic rings. The molecule has 1 fully saturated rings. The molecule has 0 bridgehead atoms. The van der Waals surface area contributed by atoms with Gasteiger partial charge in [0, 0.05) is 24.9 Å². The normalized spacial score (nSPS) is 22.8. The Morgan fingerprint density at radius 1 is 0.818 bits per heavy atom. The van der Waals surface area contributed by atoms with Gasteiger partial charge in [0.05, 0.1) is 0 Å². The topological polar surface area (TPSA) is 20.3 Å². The van der Waals surface area contributed by atoms with Gasteiger partial charge in [0.15, 0.2) is 0 Å². The molecule has 114 valence electrons. The van der Waals surface area contributed by atoms with Gasteiger partial charge in [-0.05, 0) is 43.1 Å². The van der Waals surface area contributed by atoms with Crippen LogP contribution in [0.25, 0.3) is 0 Å². The number of benzene rings is 2. The maximum absolute atomic E-state index is 12.4. The predicted octanol–water partition coefficient (Wildman–Crippen LogP) is 4.38. The maximum atomic E-state index is 12.4. The second-order valence-electron chi connectivity index (χ2n) is 6.36. The minimum Gasteiger partial charge on any atom is -0.300 e. The lowest BCUT2D eigenvalue weighted by Gasteiger charge is -2.40. The Morgan fingerprint density at radius 3 is 1.64 bits per heavy atom. The second kappa shape index (κ2) is 6.05. The molecular weight excluding hydrogens is 270 g/mol. The molecule has 0 amide bonds. The van der Waals surface area contributed by atoms with Gasteiger partial charge in [-0.2, -0.15) is 0 Å². The molecule has 0 aromatic heterocycles. The van der Waals surface area contributed by atoms with Gasteiger partial charge in [0.2, 0.25) is 0 Å². The van der Waals surface area contributed by atoms with Gasteiger partial charge >= 0.3 is 0 Å². The lowest BCUT2D eigenvalue weighted by atomic mass is 9.85. The first-order valence-corrected chi connectivity index (χ1v) is 7.92. The molecule has 2 aromatic carbocycles. The van der Waals surface area contributed by atoms with Crippen molar-refractivity contribution < 1.29 is 4.79 Å². The Balaban J connectivity index is 1.99. The van der Waals surface area contributed by atoms with Crippen LogP contribution in [0.3, 0.4) is 0 Å². The van der Waals surface area contributed by atoms with Crippen LogP contribution < -0.4 is 0 Å². The van der Waals surface area contributed by atoms with Crippen LogP contribution in [0.15, 0.2) is 48.5 Å². The van der Waals surface area contributed by atoms with Crippen LogP contribution in [0.1, 0.15) is 47.2 Å². The molecule has 2 unspecified atom stereocenters. The number of rotatable bonds is 2. The highest BCUT2D eigenvalue weighted by atomic mass is 16.1. The summed E-state index contributed by atoms with van der Waals surface area (Å²) in [7, 11) is 2.15. The molecule has 3 rings (SSSR count). The lowest BCUT2D eigenvalue weighted by Crippen LogP contribution is -2.37. The Hall–Kier alpha value is -1.93. The standard InChI is InChI=1S/C20H23NO/c1-14-8-4-6-10-17(14)19-12-16(22)13-20(21(19)3)18-11-7-5-9-15(18)2/h4-11,19-20H,12-13H2,1-3H3. The van der Waals surface area contributed by atoms with E-state index in [1.165, 1.54) is 22.3 Å². The summed E-state index contributed by atoms with van der Waals surface area (Å²) in [4.78, 5) is 14.8. The van der Waals surface area contributed by atoms with Crippen LogP contribution in [-0.2, 0) is 4.79 Å². The third kappa shape index (κ3) is 2.71. The fourth-order valence-electron chi connectivity index (χ4n) is 3.60. The van der Waals surface area contributed by atoms with E-state index in [-0.39, 0.29) is 12.1 Å². The van der Waals surface area contributed by atoms with Crippen LogP contribution in [-0.4, -0.2) is 17.7 Å². The summed E-state index contributed by atoms with van der Waals surface area (Å²) in [5.74, 6) is 0.361. The maximum Gasteiger partial charge on any atom is 0.136 e. The molecule has 0 aliphatic carbocycles. The predicted molar refractivity (Wildman–Crippen MR) is 89.8 cm³/mol. The monoisotopic (exact) mass is 293 g/mol. The summed E-state index contributed by atoms with van der Waals surface area (Å²) in [5, 5.41) is 0. The molecule has 1 saturated heterocycles. The fraction of sp³-hybridized carbons (Fsp3) is 0.350. The van der Waals surface area contributed by atoms with Crippen molar-refractivity contribution in [2.75, 3.05) is 7.05 Å². The number of carbonyl (C=O) groups is 1. The van der Waals surface area contributed by atoms with Crippen molar-refractivity contribution >= 4 is 5.78 Å². The van der Waals surface area contributed by atoms with Crippen LogP contribution in [0.5, 0.6) is 0 Å². The molecule has 2 atom stereocenters. The largest absolute Gasteiger partial charge is 0.300 e. The molecule has 1 aliphatic heterocycles. The Labute approximate surface area is 132 Å². The molecule has 0 radical (unpaired) electrons. The quantitative estimate of drug-likeness (QED) is 0.819. The minimum absolute atomic E-state index is 0.173. The van der Waals surface area contributed by atoms with Gasteiger partial charge in [-0.25, -0.2) is 0 Å². The SMILES string of the molecule is Cc1ccccc1C1CC(=O)CC(c2ccccc2C)N1C. The van der Waals surface area contributed by atoms with E-state index < -0.39 is 0 Å². The van der Waals surface area contributed by atoms with E-state index in [1.807, 2.05) is 0 Å². The zero-order chi connectivity index (χ0) is 15.7. The molecular formula is C20H23NO. The van der Waals surface area contributed by atoms with Crippen molar-refractivity contribution in [2.24, 2.45) is 0 Å². The van der Waals surface area contributed by atoms with Crippen molar-refractivity contribution in [1.29, 1.82) is 0 Å². The Bertz CT molecular complexity index is 634. The number of Topliss-reactive ketones (excluding diaryl/α,β-unsaturated/α-hetero) is 1. The Kier molecular flexibility index (Phi) is 4.12. The zero-order valence-electron chi connectivity index (χ0n) is 13.5. The number of hydrogen-bond acceptors (Lipinski definition) is 2. The zero-order valence-corrected chi connectivity index (χ0v) is 13.5. The molecule has 0 spiro atoms. The first kappa shape index (κ1) is 15.0. The van der Waals surface area contributed by atoms with Crippen molar-refractivity contribution in [1.82, 2.24) is 4.90 Å². The highest BCUT2D eigenvalue weighted by molar-refractivity contribution is 5.81. The van der Waals surface area contributed by atoms with Gasteiger partial charge in [-0.1, -0.05) is 48.5 Å². The lowest BCUT2D eigenvalue weighted by molar-refractivity contribution is -0.125. The first-order valence-electron chi connectivity index (χ1n) is 7.92. The van der Waals surface area contributed by atoms with Crippen LogP contribution in [0.2, 0.25) is 0 Å². The van der Waals surface area contributed by atoms with Gasteiger partial charge < -0.3 is 0 Å². The highest BCUT2D eigenvalue weighted by Gasteiger charge is 2.34. The molecule has 1 aliphatic rings. The minimum atomic E-state index is 0.173. The van der Waals surface area contributed by atoms with Crippen LogP contribution >= 0.6 is 0 Å². The molecule has 2 nitrogen and oxygen atoms in total. The van der Waals surface area contributed by atoms with E-state index in [9.17, 15) is 4.79 Å². The number of piperidine rings is 1. The van der Waals surface area contributed by atoms with Crippen molar-refractivity contribution in [3.05, 3.63) is 70.8 Å². The van der Waals surface area contributed by atoms with E-state index in [1.54, 1.807) is 0 Å². The summed E-state index contributed by atoms with van der Waals surface area (Å²) < 4.78 is 0. The number of carbonyl (C=O) groups excluding carboxylic acids is 1. The Morgan fingerprint density at radius 2 is 1.23 bits per heavy atom. The number of hydrogen-bond donors (Lipinski definition) is 0. The molecule has 22 heavy (non-hydrogen) atoms. The third-order valence-corrected chi connectivity index (χ3v) is 4.92.